The van der Waals surface area contributed by atoms with Crippen LogP contribution < -0.4 is 22.6 Å². The molecule has 0 N–H and O–H groups in total. The third-order valence-corrected chi connectivity index (χ3v) is 7.16. The van der Waals surface area contributed by atoms with Crippen molar-refractivity contribution in [2.75, 3.05) is 26.7 Å². The van der Waals surface area contributed by atoms with E-state index in [0.29, 0.717) is 0 Å². The normalized spacial score (nSPS) is 12.1. The van der Waals surface area contributed by atoms with E-state index < -0.39 is 43.9 Å². The van der Waals surface area contributed by atoms with E-state index in [1.54, 1.807) is 24.3 Å². The van der Waals surface area contributed by atoms with Crippen molar-refractivity contribution < 1.29 is 61.7 Å². The largest absolute Gasteiger partial charge is 0.573 e. The summed E-state index contributed by atoms with van der Waals surface area (Å²) in [5.74, 6) is -1.93. The van der Waals surface area contributed by atoms with Crippen LogP contribution in [0.15, 0.2) is 77.8 Å². The molecule has 0 amide bonds. The summed E-state index contributed by atoms with van der Waals surface area (Å²) in [4.78, 5) is 3.33. The molecule has 256 valence electrons. The molecular formula is C31H27F4NO10S2. The maximum absolute atomic E-state index is 15.0. The minimum atomic E-state index is -5.02. The van der Waals surface area contributed by atoms with Crippen molar-refractivity contribution in [1.29, 1.82) is 0 Å². The number of halogens is 4. The van der Waals surface area contributed by atoms with Crippen molar-refractivity contribution in [3.8, 4) is 51.0 Å². The van der Waals surface area contributed by atoms with Crippen molar-refractivity contribution in [3.63, 3.8) is 0 Å². The smallest absolute Gasteiger partial charge is 0.496 e. The number of aliphatic imine (C=N–C) groups is 1. The van der Waals surface area contributed by atoms with E-state index in [4.69, 9.17) is 22.6 Å². The van der Waals surface area contributed by atoms with Gasteiger partial charge in [0.2, 0.25) is 0 Å². The van der Waals surface area contributed by atoms with E-state index in [1.165, 1.54) is 44.6 Å². The number of benzene rings is 4. The van der Waals surface area contributed by atoms with Gasteiger partial charge in [0.1, 0.15) is 23.9 Å². The summed E-state index contributed by atoms with van der Waals surface area (Å²) >= 11 is 0. The van der Waals surface area contributed by atoms with Crippen LogP contribution in [0.25, 0.3) is 22.3 Å². The molecule has 0 unspecified atom stereocenters. The van der Waals surface area contributed by atoms with Gasteiger partial charge in [0.15, 0.2) is 29.4 Å². The molecule has 0 aromatic heterocycles. The summed E-state index contributed by atoms with van der Waals surface area (Å²) < 4.78 is 132. The molecular weight excluding hydrogens is 686 g/mol. The van der Waals surface area contributed by atoms with Gasteiger partial charge in [-0.3, -0.25) is 0 Å². The van der Waals surface area contributed by atoms with Gasteiger partial charge in [-0.1, -0.05) is 42.5 Å². The Bertz CT molecular complexity index is 2040. The number of ether oxygens (including phenoxy) is 4. The maximum atomic E-state index is 15.0. The Morgan fingerprint density at radius 1 is 0.750 bits per heavy atom. The van der Waals surface area contributed by atoms with Crippen LogP contribution in [0.2, 0.25) is 0 Å². The quantitative estimate of drug-likeness (QED) is 0.0643. The Morgan fingerprint density at radius 3 is 2.00 bits per heavy atom. The van der Waals surface area contributed by atoms with Crippen molar-refractivity contribution in [2.45, 2.75) is 13.0 Å². The van der Waals surface area contributed by atoms with Crippen molar-refractivity contribution in [2.24, 2.45) is 4.99 Å². The molecule has 0 aliphatic carbocycles. The minimum Gasteiger partial charge on any atom is -0.496 e. The Balaban J connectivity index is 1.89. The second-order valence-electron chi connectivity index (χ2n) is 9.84. The molecule has 0 saturated carbocycles. The summed E-state index contributed by atoms with van der Waals surface area (Å²) in [5, 5.41) is 0. The highest BCUT2D eigenvalue weighted by molar-refractivity contribution is 7.86. The minimum absolute atomic E-state index is 0.0255. The average molecular weight is 714 g/mol. The molecule has 48 heavy (non-hydrogen) atoms. The molecule has 0 atom stereocenters. The first kappa shape index (κ1) is 35.8. The van der Waals surface area contributed by atoms with Crippen molar-refractivity contribution in [3.05, 3.63) is 84.2 Å². The number of nitrogens with zero attached hydrogens (tertiary/aromatic N) is 1. The summed E-state index contributed by atoms with van der Waals surface area (Å²) in [6.07, 6.45) is -3.39. The summed E-state index contributed by atoms with van der Waals surface area (Å²) in [7, 11) is -5.92. The standard InChI is InChI=1S/C31H27F4NO10S2/c1-41-27-16-22(20-10-12-24(23(32)14-20)36-18-44-31(33,34)35)29(42-2)30(46-48(4,39)40)28(27)21-11-13-25(26(15-21)45-47(3,37)38)43-17-19-8-6-5-7-9-19/h5-16,18H,17H2,1-4H3/b36-18-. The van der Waals surface area contributed by atoms with Gasteiger partial charge in [-0.15, -0.1) is 13.2 Å². The van der Waals surface area contributed by atoms with Crippen LogP contribution in [0.5, 0.6) is 28.7 Å². The van der Waals surface area contributed by atoms with Crippen LogP contribution in [0.1, 0.15) is 5.56 Å². The van der Waals surface area contributed by atoms with Gasteiger partial charge >= 0.3 is 26.6 Å². The first-order valence-electron chi connectivity index (χ1n) is 13.4. The van der Waals surface area contributed by atoms with Gasteiger partial charge < -0.3 is 27.3 Å². The third-order valence-electron chi connectivity index (χ3n) is 6.21. The number of alkyl halides is 3. The van der Waals surface area contributed by atoms with Gasteiger partial charge in [-0.05, 0) is 47.0 Å². The van der Waals surface area contributed by atoms with Crippen LogP contribution >= 0.6 is 0 Å². The molecule has 0 aliphatic rings. The van der Waals surface area contributed by atoms with Crippen LogP contribution in [0.4, 0.5) is 23.2 Å². The molecule has 0 saturated heterocycles. The highest BCUT2D eigenvalue weighted by Gasteiger charge is 2.30. The zero-order chi connectivity index (χ0) is 35.3. The Morgan fingerprint density at radius 2 is 1.42 bits per heavy atom. The van der Waals surface area contributed by atoms with Crippen LogP contribution in [-0.2, 0) is 31.6 Å². The van der Waals surface area contributed by atoms with E-state index in [0.717, 1.165) is 30.2 Å². The fraction of sp³-hybridized carbons (Fsp3) is 0.194. The van der Waals surface area contributed by atoms with E-state index in [-0.39, 0.29) is 58.3 Å². The predicted molar refractivity (Wildman–Crippen MR) is 167 cm³/mol. The van der Waals surface area contributed by atoms with E-state index in [2.05, 4.69) is 9.73 Å². The molecule has 11 nitrogen and oxygen atoms in total. The maximum Gasteiger partial charge on any atom is 0.573 e. The van der Waals surface area contributed by atoms with Gasteiger partial charge in [0.05, 0.1) is 32.3 Å². The molecule has 4 aromatic carbocycles. The van der Waals surface area contributed by atoms with Crippen molar-refractivity contribution in [1.82, 2.24) is 0 Å². The first-order chi connectivity index (χ1) is 22.5. The second-order valence-corrected chi connectivity index (χ2v) is 13.0. The highest BCUT2D eigenvalue weighted by Crippen LogP contribution is 2.52. The Labute approximate surface area is 273 Å². The SMILES string of the molecule is COc1cc(-c2ccc(/N=C\OC(F)(F)F)c(F)c2)c(OC)c(OS(C)(=O)=O)c1-c1ccc(OCc2ccccc2)c(OS(C)(=O)=O)c1. The first-order valence-corrected chi connectivity index (χ1v) is 17.1. The molecule has 17 heteroatoms. The molecule has 4 aromatic rings. The van der Waals surface area contributed by atoms with Crippen LogP contribution in [0.3, 0.4) is 0 Å². The fourth-order valence-corrected chi connectivity index (χ4v) is 5.29. The van der Waals surface area contributed by atoms with E-state index in [9.17, 15) is 34.4 Å². The van der Waals surface area contributed by atoms with E-state index >= 15 is 0 Å². The van der Waals surface area contributed by atoms with Crippen molar-refractivity contribution >= 4 is 32.3 Å². The molecule has 0 bridgehead atoms. The average Bonchev–Trinajstić information content (AvgIpc) is 2.99. The summed E-state index contributed by atoms with van der Waals surface area (Å²) in [6.45, 7) is 0.0601. The van der Waals surface area contributed by atoms with Crippen LogP contribution in [0, 0.1) is 5.82 Å². The topological polar surface area (TPSA) is 136 Å². The fourth-order valence-electron chi connectivity index (χ4n) is 4.37. The van der Waals surface area contributed by atoms with Gasteiger partial charge in [-0.2, -0.15) is 16.8 Å². The Hall–Kier alpha value is -5.03. The number of methoxy groups -OCH3 is 2. The number of hydrogen-bond acceptors (Lipinski definition) is 11. The molecule has 0 aliphatic heterocycles. The predicted octanol–water partition coefficient (Wildman–Crippen LogP) is 6.63. The summed E-state index contributed by atoms with van der Waals surface area (Å²) in [6, 6.07) is 17.8. The molecule has 0 spiro atoms. The van der Waals surface area contributed by atoms with Gasteiger partial charge in [0, 0.05) is 5.56 Å². The zero-order valence-corrected chi connectivity index (χ0v) is 27.2. The third kappa shape index (κ3) is 9.51. The van der Waals surface area contributed by atoms with Crippen LogP contribution in [-0.4, -0.2) is 56.3 Å². The molecule has 0 fully saturated rings. The number of rotatable bonds is 13. The highest BCUT2D eigenvalue weighted by atomic mass is 32.2. The molecule has 0 heterocycles. The van der Waals surface area contributed by atoms with Gasteiger partial charge in [-0.25, -0.2) is 9.38 Å². The number of hydrogen-bond donors (Lipinski definition) is 0. The lowest BCUT2D eigenvalue weighted by Crippen LogP contribution is -2.11. The monoisotopic (exact) mass is 713 g/mol. The Kier molecular flexibility index (Phi) is 10.7. The lowest BCUT2D eigenvalue weighted by Gasteiger charge is -2.21. The summed E-state index contributed by atoms with van der Waals surface area (Å²) in [5.41, 5.74) is 0.515. The molecule has 4 rings (SSSR count). The van der Waals surface area contributed by atoms with E-state index in [1.807, 2.05) is 6.07 Å². The lowest BCUT2D eigenvalue weighted by molar-refractivity contribution is -0.280. The van der Waals surface area contributed by atoms with Gasteiger partial charge in [0.25, 0.3) is 0 Å². The second kappa shape index (κ2) is 14.4. The molecule has 0 radical (unpaired) electrons. The zero-order valence-electron chi connectivity index (χ0n) is 25.6. The lowest BCUT2D eigenvalue weighted by atomic mass is 9.96.